The van der Waals surface area contributed by atoms with E-state index >= 15 is 0 Å². The quantitative estimate of drug-likeness (QED) is 0.866. The maximum Gasteiger partial charge on any atom is 0.341 e. The fourth-order valence-corrected chi connectivity index (χ4v) is 2.84. The Morgan fingerprint density at radius 3 is 2.72 bits per heavy atom. The normalized spacial score (nSPS) is 10.3. The average molecular weight is 263 g/mol. The molecular formula is C13H13NO3S. The second-order valence-electron chi connectivity index (χ2n) is 3.70. The molecule has 1 aromatic carbocycles. The van der Waals surface area contributed by atoms with Gasteiger partial charge in [-0.3, -0.25) is 4.79 Å². The van der Waals surface area contributed by atoms with Gasteiger partial charge in [-0.05, 0) is 13.0 Å². The third-order valence-corrected chi connectivity index (χ3v) is 3.45. The molecular weight excluding hydrogens is 250 g/mol. The van der Waals surface area contributed by atoms with Crippen molar-refractivity contribution < 1.29 is 14.3 Å². The van der Waals surface area contributed by atoms with Gasteiger partial charge < -0.3 is 10.1 Å². The molecule has 0 saturated carbocycles. The summed E-state index contributed by atoms with van der Waals surface area (Å²) in [6.45, 7) is 3.48. The Labute approximate surface area is 109 Å². The summed E-state index contributed by atoms with van der Waals surface area (Å²) in [6, 6.07) is 7.51. The summed E-state index contributed by atoms with van der Waals surface area (Å²) in [7, 11) is 0. The topological polar surface area (TPSA) is 55.4 Å². The van der Waals surface area contributed by atoms with Crippen LogP contribution in [-0.4, -0.2) is 18.5 Å². The highest BCUT2D eigenvalue weighted by molar-refractivity contribution is 7.23. The number of amides is 1. The number of hydrogen-bond donors (Lipinski definition) is 1. The van der Waals surface area contributed by atoms with Gasteiger partial charge in [0.05, 0.1) is 6.61 Å². The van der Waals surface area contributed by atoms with Crippen LogP contribution < -0.4 is 5.32 Å². The molecule has 2 aromatic rings. The summed E-state index contributed by atoms with van der Waals surface area (Å²) >= 11 is 1.37. The van der Waals surface area contributed by atoms with Gasteiger partial charge in [-0.2, -0.15) is 0 Å². The minimum absolute atomic E-state index is 0.202. The third kappa shape index (κ3) is 2.36. The smallest absolute Gasteiger partial charge is 0.341 e. The van der Waals surface area contributed by atoms with Crippen molar-refractivity contribution in [2.45, 2.75) is 13.8 Å². The molecule has 94 valence electrons. The number of ether oxygens (including phenoxy) is 1. The summed E-state index contributed by atoms with van der Waals surface area (Å²) in [6.07, 6.45) is 0. The number of carbonyl (C=O) groups is 2. The Bertz CT molecular complexity index is 603. The zero-order chi connectivity index (χ0) is 13.1. The van der Waals surface area contributed by atoms with Gasteiger partial charge in [0.2, 0.25) is 5.91 Å². The molecule has 0 aliphatic heterocycles. The molecule has 1 amide bonds. The van der Waals surface area contributed by atoms with Crippen LogP contribution in [0.4, 0.5) is 5.00 Å². The standard InChI is InChI=1S/C13H13NO3S/c1-3-17-13(16)11-9-6-4-5-7-10(9)18-12(11)14-8(2)15/h4-7H,3H2,1-2H3,(H,14,15). The highest BCUT2D eigenvalue weighted by Crippen LogP contribution is 2.36. The van der Waals surface area contributed by atoms with E-state index in [9.17, 15) is 9.59 Å². The van der Waals surface area contributed by atoms with Gasteiger partial charge in [-0.25, -0.2) is 4.79 Å². The number of hydrogen-bond acceptors (Lipinski definition) is 4. The number of esters is 1. The number of carbonyl (C=O) groups excluding carboxylic acids is 2. The molecule has 0 radical (unpaired) electrons. The first-order valence-corrected chi connectivity index (χ1v) is 6.41. The number of fused-ring (bicyclic) bond motifs is 1. The van der Waals surface area contributed by atoms with Gasteiger partial charge in [0, 0.05) is 17.0 Å². The van der Waals surface area contributed by atoms with Crippen molar-refractivity contribution in [1.82, 2.24) is 0 Å². The van der Waals surface area contributed by atoms with Crippen LogP contribution in [-0.2, 0) is 9.53 Å². The summed E-state index contributed by atoms with van der Waals surface area (Å²) in [5.74, 6) is -0.606. The van der Waals surface area contributed by atoms with E-state index in [0.29, 0.717) is 17.2 Å². The molecule has 0 aliphatic rings. The largest absolute Gasteiger partial charge is 0.462 e. The first kappa shape index (κ1) is 12.6. The molecule has 4 nitrogen and oxygen atoms in total. The van der Waals surface area contributed by atoms with E-state index in [4.69, 9.17) is 4.74 Å². The van der Waals surface area contributed by atoms with Crippen molar-refractivity contribution in [3.8, 4) is 0 Å². The fourth-order valence-electron chi connectivity index (χ4n) is 1.70. The van der Waals surface area contributed by atoms with Crippen LogP contribution in [0.5, 0.6) is 0 Å². The lowest BCUT2D eigenvalue weighted by atomic mass is 10.1. The second kappa shape index (κ2) is 5.18. The van der Waals surface area contributed by atoms with E-state index in [2.05, 4.69) is 5.32 Å². The third-order valence-electron chi connectivity index (χ3n) is 2.36. The molecule has 1 heterocycles. The first-order chi connectivity index (χ1) is 8.63. The Morgan fingerprint density at radius 1 is 1.33 bits per heavy atom. The number of rotatable bonds is 3. The molecule has 5 heteroatoms. The van der Waals surface area contributed by atoms with Crippen LogP contribution in [0, 0.1) is 0 Å². The zero-order valence-electron chi connectivity index (χ0n) is 10.1. The molecule has 1 N–H and O–H groups in total. The lowest BCUT2D eigenvalue weighted by Crippen LogP contribution is -2.10. The number of anilines is 1. The van der Waals surface area contributed by atoms with Crippen LogP contribution in [0.2, 0.25) is 0 Å². The molecule has 18 heavy (non-hydrogen) atoms. The van der Waals surface area contributed by atoms with Crippen molar-refractivity contribution in [3.63, 3.8) is 0 Å². The Balaban J connectivity index is 2.57. The fraction of sp³-hybridized carbons (Fsp3) is 0.231. The maximum absolute atomic E-state index is 12.0. The number of benzene rings is 1. The first-order valence-electron chi connectivity index (χ1n) is 5.59. The van der Waals surface area contributed by atoms with Gasteiger partial charge in [0.1, 0.15) is 10.6 Å². The van der Waals surface area contributed by atoms with Gasteiger partial charge >= 0.3 is 5.97 Å². The maximum atomic E-state index is 12.0. The van der Waals surface area contributed by atoms with E-state index in [-0.39, 0.29) is 5.91 Å². The number of nitrogens with one attached hydrogen (secondary N) is 1. The number of thiophene rings is 1. The summed E-state index contributed by atoms with van der Waals surface area (Å²) < 4.78 is 5.98. The van der Waals surface area contributed by atoms with E-state index < -0.39 is 5.97 Å². The van der Waals surface area contributed by atoms with E-state index in [1.54, 1.807) is 6.92 Å². The van der Waals surface area contributed by atoms with Gasteiger partial charge in [-0.15, -0.1) is 11.3 Å². The predicted octanol–water partition coefficient (Wildman–Crippen LogP) is 3.04. The lowest BCUT2D eigenvalue weighted by molar-refractivity contribution is -0.114. The van der Waals surface area contributed by atoms with Crippen LogP contribution >= 0.6 is 11.3 Å². The minimum Gasteiger partial charge on any atom is -0.462 e. The van der Waals surface area contributed by atoms with Gasteiger partial charge in [0.15, 0.2) is 0 Å². The van der Waals surface area contributed by atoms with Crippen molar-refractivity contribution in [2.75, 3.05) is 11.9 Å². The van der Waals surface area contributed by atoms with Crippen LogP contribution in [0.3, 0.4) is 0 Å². The van der Waals surface area contributed by atoms with Crippen LogP contribution in [0.25, 0.3) is 10.1 Å². The van der Waals surface area contributed by atoms with Crippen molar-refractivity contribution in [2.24, 2.45) is 0 Å². The van der Waals surface area contributed by atoms with E-state index in [1.807, 2.05) is 24.3 Å². The van der Waals surface area contributed by atoms with E-state index in [0.717, 1.165) is 10.1 Å². The van der Waals surface area contributed by atoms with Crippen molar-refractivity contribution >= 4 is 38.3 Å². The van der Waals surface area contributed by atoms with Crippen molar-refractivity contribution in [1.29, 1.82) is 0 Å². The average Bonchev–Trinajstić information content (AvgIpc) is 2.66. The molecule has 0 bridgehead atoms. The summed E-state index contributed by atoms with van der Waals surface area (Å²) in [5, 5.41) is 4.03. The Kier molecular flexibility index (Phi) is 3.62. The molecule has 0 spiro atoms. The van der Waals surface area contributed by atoms with Crippen molar-refractivity contribution in [3.05, 3.63) is 29.8 Å². The molecule has 0 aliphatic carbocycles. The van der Waals surface area contributed by atoms with Crippen LogP contribution in [0.15, 0.2) is 24.3 Å². The molecule has 0 saturated heterocycles. The molecule has 2 rings (SSSR count). The zero-order valence-corrected chi connectivity index (χ0v) is 11.0. The minimum atomic E-state index is -0.404. The summed E-state index contributed by atoms with van der Waals surface area (Å²) in [5.41, 5.74) is 0.438. The van der Waals surface area contributed by atoms with Gasteiger partial charge in [0.25, 0.3) is 0 Å². The Hall–Kier alpha value is -1.88. The SMILES string of the molecule is CCOC(=O)c1c(NC(C)=O)sc2ccccc12. The highest BCUT2D eigenvalue weighted by Gasteiger charge is 2.20. The molecule has 1 aromatic heterocycles. The predicted molar refractivity (Wildman–Crippen MR) is 72.1 cm³/mol. The van der Waals surface area contributed by atoms with E-state index in [1.165, 1.54) is 18.3 Å². The molecule has 0 unspecified atom stereocenters. The molecule has 0 fully saturated rings. The summed E-state index contributed by atoms with van der Waals surface area (Å²) in [4.78, 5) is 23.1. The highest BCUT2D eigenvalue weighted by atomic mass is 32.1. The van der Waals surface area contributed by atoms with Gasteiger partial charge in [-0.1, -0.05) is 18.2 Å². The lowest BCUT2D eigenvalue weighted by Gasteiger charge is -2.04. The molecule has 0 atom stereocenters. The Morgan fingerprint density at radius 2 is 2.06 bits per heavy atom. The second-order valence-corrected chi connectivity index (χ2v) is 4.76. The monoisotopic (exact) mass is 263 g/mol. The van der Waals surface area contributed by atoms with Crippen LogP contribution in [0.1, 0.15) is 24.2 Å².